The average Bonchev–Trinajstić information content (AvgIpc) is 3.22. The van der Waals surface area contributed by atoms with Gasteiger partial charge in [0, 0.05) is 46.6 Å². The van der Waals surface area contributed by atoms with Crippen LogP contribution in [0.1, 0.15) is 19.0 Å². The minimum Gasteiger partial charge on any atom is -0.256 e. The molecule has 0 aliphatic heterocycles. The van der Waals surface area contributed by atoms with Crippen molar-refractivity contribution in [1.29, 1.82) is 0 Å². The molecule has 3 heteroatoms. The molecule has 7 aromatic rings. The van der Waals surface area contributed by atoms with E-state index in [2.05, 4.69) is 158 Å². The Hall–Kier alpha value is -6.71. The highest BCUT2D eigenvalue weighted by Gasteiger charge is 2.15. The van der Waals surface area contributed by atoms with Crippen molar-refractivity contribution in [2.75, 3.05) is 0 Å². The zero-order valence-corrected chi connectivity index (χ0v) is 29.7. The third-order valence-corrected chi connectivity index (χ3v) is 9.55. The summed E-state index contributed by atoms with van der Waals surface area (Å²) in [6, 6.07) is 45.3. The maximum absolute atomic E-state index is 5.29. The van der Waals surface area contributed by atoms with Gasteiger partial charge < -0.3 is 0 Å². The van der Waals surface area contributed by atoms with Crippen LogP contribution in [-0.4, -0.2) is 16.2 Å². The number of aromatic nitrogens is 2. The topological polar surface area (TPSA) is 38.1 Å². The molecule has 8 rings (SSSR count). The fourth-order valence-electron chi connectivity index (χ4n) is 6.96. The molecule has 1 aliphatic carbocycles. The Kier molecular flexibility index (Phi) is 9.89. The molecule has 254 valence electrons. The summed E-state index contributed by atoms with van der Waals surface area (Å²) < 4.78 is 0. The van der Waals surface area contributed by atoms with E-state index in [1.807, 2.05) is 43.6 Å². The Labute approximate surface area is 311 Å². The van der Waals surface area contributed by atoms with E-state index < -0.39 is 0 Å². The summed E-state index contributed by atoms with van der Waals surface area (Å²) in [7, 11) is 0. The van der Waals surface area contributed by atoms with Crippen LogP contribution in [0.15, 0.2) is 199 Å². The number of hydrogen-bond acceptors (Lipinski definition) is 3. The van der Waals surface area contributed by atoms with Gasteiger partial charge in [0.1, 0.15) is 0 Å². The van der Waals surface area contributed by atoms with Crippen molar-refractivity contribution in [3.63, 3.8) is 0 Å². The van der Waals surface area contributed by atoms with E-state index >= 15 is 0 Å². The molecule has 0 bridgehead atoms. The van der Waals surface area contributed by atoms with Crippen molar-refractivity contribution in [3.05, 3.63) is 200 Å². The highest BCUT2D eigenvalue weighted by molar-refractivity contribution is 5.98. The molecule has 0 radical (unpaired) electrons. The quantitative estimate of drug-likeness (QED) is 0.142. The lowest BCUT2D eigenvalue weighted by atomic mass is 9.91. The van der Waals surface area contributed by atoms with E-state index in [-0.39, 0.29) is 0 Å². The molecule has 0 atom stereocenters. The molecule has 0 amide bonds. The van der Waals surface area contributed by atoms with Gasteiger partial charge in [0.2, 0.25) is 0 Å². The Morgan fingerprint density at radius 1 is 0.660 bits per heavy atom. The predicted octanol–water partition coefficient (Wildman–Crippen LogP) is 13.3. The van der Waals surface area contributed by atoms with Gasteiger partial charge in [-0.25, -0.2) is 0 Å². The maximum atomic E-state index is 5.29. The van der Waals surface area contributed by atoms with Crippen LogP contribution in [0, 0.1) is 0 Å². The molecule has 5 aromatic carbocycles. The predicted molar refractivity (Wildman–Crippen MR) is 226 cm³/mol. The molecule has 0 fully saturated rings. The number of benzene rings is 5. The van der Waals surface area contributed by atoms with Gasteiger partial charge in [-0.2, -0.15) is 0 Å². The molecule has 3 nitrogen and oxygen atoms in total. The lowest BCUT2D eigenvalue weighted by Crippen LogP contribution is -1.95. The Morgan fingerprint density at radius 2 is 1.40 bits per heavy atom. The first kappa shape index (κ1) is 33.4. The first-order chi connectivity index (χ1) is 26.2. The summed E-state index contributed by atoms with van der Waals surface area (Å²) in [6.45, 7) is 2.00. The number of pyridine rings is 2. The molecule has 1 aliphatic rings. The molecule has 0 saturated carbocycles. The van der Waals surface area contributed by atoms with Crippen molar-refractivity contribution in [3.8, 4) is 44.6 Å². The van der Waals surface area contributed by atoms with E-state index in [0.29, 0.717) is 6.42 Å². The minimum absolute atomic E-state index is 0.706. The zero-order valence-electron chi connectivity index (χ0n) is 29.7. The Balaban J connectivity index is 1.32. The number of allylic oxidation sites excluding steroid dienone is 10. The van der Waals surface area contributed by atoms with Crippen LogP contribution < -0.4 is 0 Å². The fraction of sp³-hybridized carbons (Fsp3) is 0.0600. The summed E-state index contributed by atoms with van der Waals surface area (Å²) >= 11 is 0. The zero-order chi connectivity index (χ0) is 35.8. The third kappa shape index (κ3) is 7.51. The fourth-order valence-corrected chi connectivity index (χ4v) is 6.96. The molecular formula is C50H39N3. The van der Waals surface area contributed by atoms with Gasteiger partial charge in [-0.1, -0.05) is 134 Å². The van der Waals surface area contributed by atoms with Gasteiger partial charge >= 0.3 is 0 Å². The first-order valence-corrected chi connectivity index (χ1v) is 18.2. The van der Waals surface area contributed by atoms with E-state index in [1.54, 1.807) is 0 Å². The molecular weight excluding hydrogens is 643 g/mol. The van der Waals surface area contributed by atoms with Crippen LogP contribution in [0.5, 0.6) is 0 Å². The van der Waals surface area contributed by atoms with Crippen molar-refractivity contribution in [2.45, 2.75) is 19.8 Å². The lowest BCUT2D eigenvalue weighted by Gasteiger charge is -2.15. The number of fused-ring (bicyclic) bond motifs is 2. The molecule has 0 saturated heterocycles. The van der Waals surface area contributed by atoms with Crippen molar-refractivity contribution in [2.24, 2.45) is 4.99 Å². The van der Waals surface area contributed by atoms with Crippen LogP contribution >= 0.6 is 0 Å². The SMILES string of the molecule is C/C=C\C=N/c1ccccc1-c1cc(-c2cc(C/C=C\C=C3\C=CC=CC3)nc(-c3cccc4ccccc34)c2)cc(-c2cccc3cccnc23)c1. The van der Waals surface area contributed by atoms with Crippen molar-refractivity contribution >= 4 is 33.6 Å². The van der Waals surface area contributed by atoms with Crippen LogP contribution in [0.3, 0.4) is 0 Å². The summed E-state index contributed by atoms with van der Waals surface area (Å²) in [5.74, 6) is 0. The number of rotatable bonds is 9. The summed E-state index contributed by atoms with van der Waals surface area (Å²) in [5.41, 5.74) is 12.8. The molecule has 0 N–H and O–H groups in total. The third-order valence-electron chi connectivity index (χ3n) is 9.55. The number of para-hydroxylation sites is 2. The largest absolute Gasteiger partial charge is 0.256 e. The molecule has 2 heterocycles. The number of aliphatic imine (C=N–C) groups is 1. The van der Waals surface area contributed by atoms with Gasteiger partial charge in [-0.3, -0.25) is 15.0 Å². The van der Waals surface area contributed by atoms with Gasteiger partial charge in [0.05, 0.1) is 16.9 Å². The van der Waals surface area contributed by atoms with Gasteiger partial charge in [0.15, 0.2) is 0 Å². The van der Waals surface area contributed by atoms with Gasteiger partial charge in [0.25, 0.3) is 0 Å². The highest BCUT2D eigenvalue weighted by atomic mass is 14.7. The molecule has 0 spiro atoms. The van der Waals surface area contributed by atoms with E-state index in [4.69, 9.17) is 15.0 Å². The average molecular weight is 682 g/mol. The van der Waals surface area contributed by atoms with Gasteiger partial charge in [-0.05, 0) is 100 Å². The second-order valence-corrected chi connectivity index (χ2v) is 13.1. The first-order valence-electron chi connectivity index (χ1n) is 18.2. The maximum Gasteiger partial charge on any atom is 0.0780 e. The van der Waals surface area contributed by atoms with Crippen molar-refractivity contribution < 1.29 is 0 Å². The standard InChI is InChI=1S/C50H39N3/c1-2-3-29-51-48-28-12-11-25-45(48)41-31-39(32-42(33-41)46-26-14-21-38-22-15-30-52-50(38)46)40-34-43(23-9-7-18-36-16-5-4-6-17-36)53-49(35-40)47-27-13-20-37-19-8-10-24-44(37)47/h2-16,18-22,24-35H,17,23H2,1H3/b3-2-,9-7-,36-18-,51-29-. The molecule has 53 heavy (non-hydrogen) atoms. The summed E-state index contributed by atoms with van der Waals surface area (Å²) in [6.07, 6.45) is 24.4. The van der Waals surface area contributed by atoms with Gasteiger partial charge in [-0.15, -0.1) is 0 Å². The highest BCUT2D eigenvalue weighted by Crippen LogP contribution is 2.39. The Morgan fingerprint density at radius 3 is 2.28 bits per heavy atom. The monoisotopic (exact) mass is 681 g/mol. The van der Waals surface area contributed by atoms with Crippen LogP contribution in [0.4, 0.5) is 5.69 Å². The lowest BCUT2D eigenvalue weighted by molar-refractivity contribution is 1.12. The second-order valence-electron chi connectivity index (χ2n) is 13.1. The van der Waals surface area contributed by atoms with Crippen LogP contribution in [-0.2, 0) is 6.42 Å². The molecule has 2 aromatic heterocycles. The molecule has 0 unspecified atom stereocenters. The minimum atomic E-state index is 0.706. The van der Waals surface area contributed by atoms with Crippen LogP contribution in [0.25, 0.3) is 66.3 Å². The summed E-state index contributed by atoms with van der Waals surface area (Å²) in [4.78, 5) is 15.0. The van der Waals surface area contributed by atoms with E-state index in [0.717, 1.165) is 73.3 Å². The number of hydrogen-bond donors (Lipinski definition) is 0. The van der Waals surface area contributed by atoms with Crippen LogP contribution in [0.2, 0.25) is 0 Å². The summed E-state index contributed by atoms with van der Waals surface area (Å²) in [5, 5.41) is 3.49. The Bertz CT molecular complexity index is 2620. The van der Waals surface area contributed by atoms with Crippen molar-refractivity contribution in [1.82, 2.24) is 9.97 Å². The normalized spacial score (nSPS) is 13.8. The van der Waals surface area contributed by atoms with E-state index in [9.17, 15) is 0 Å². The second kappa shape index (κ2) is 15.7. The smallest absolute Gasteiger partial charge is 0.0780 e. The van der Waals surface area contributed by atoms with E-state index in [1.165, 1.54) is 16.3 Å². The number of nitrogens with zero attached hydrogens (tertiary/aromatic N) is 3.